The van der Waals surface area contributed by atoms with Crippen molar-refractivity contribution >= 4 is 5.57 Å². The standard InChI is InChI=1S/C20H20.C2H6/c1-3-5-11-17(10-4-2)19-14-9-15-20(16-19)18-12-7-6-8-13-18;1-2/h3-16H,1-2H3;1-2H3/b5-3-,10-4-,17-11+;. The molecule has 0 heteroatoms. The van der Waals surface area contributed by atoms with Crippen LogP contribution in [0.2, 0.25) is 0 Å². The lowest BCUT2D eigenvalue weighted by Crippen LogP contribution is -1.83. The first-order valence-corrected chi connectivity index (χ1v) is 7.96. The molecule has 2 aromatic carbocycles. The number of allylic oxidation sites excluding steroid dienone is 6. The quantitative estimate of drug-likeness (QED) is 0.536. The van der Waals surface area contributed by atoms with E-state index in [1.54, 1.807) is 0 Å². The van der Waals surface area contributed by atoms with Crippen LogP contribution in [0.5, 0.6) is 0 Å². The van der Waals surface area contributed by atoms with Gasteiger partial charge in [0.05, 0.1) is 0 Å². The average molecular weight is 290 g/mol. The summed E-state index contributed by atoms with van der Waals surface area (Å²) in [7, 11) is 0. The smallest absolute Gasteiger partial charge is 0.0178 e. The van der Waals surface area contributed by atoms with Crippen LogP contribution in [0.1, 0.15) is 33.3 Å². The Morgan fingerprint density at radius 3 is 2.09 bits per heavy atom. The highest BCUT2D eigenvalue weighted by Gasteiger charge is 2.01. The lowest BCUT2D eigenvalue weighted by molar-refractivity contribution is 1.50. The van der Waals surface area contributed by atoms with Gasteiger partial charge in [0.15, 0.2) is 0 Å². The molecule has 0 aliphatic carbocycles. The van der Waals surface area contributed by atoms with Gasteiger partial charge in [0.25, 0.3) is 0 Å². The van der Waals surface area contributed by atoms with Gasteiger partial charge in [-0.25, -0.2) is 0 Å². The van der Waals surface area contributed by atoms with Crippen LogP contribution in [0, 0.1) is 0 Å². The second-order valence-corrected chi connectivity index (χ2v) is 4.59. The van der Waals surface area contributed by atoms with Gasteiger partial charge in [0.2, 0.25) is 0 Å². The van der Waals surface area contributed by atoms with Gasteiger partial charge in [-0.2, -0.15) is 0 Å². The third-order valence-corrected chi connectivity index (χ3v) is 3.12. The van der Waals surface area contributed by atoms with Crippen molar-refractivity contribution in [3.63, 3.8) is 0 Å². The maximum absolute atomic E-state index is 2.24. The maximum atomic E-state index is 2.24. The molecule has 0 spiro atoms. The summed E-state index contributed by atoms with van der Waals surface area (Å²) in [4.78, 5) is 0. The molecule has 0 saturated heterocycles. The molecule has 2 aromatic rings. The first-order chi connectivity index (χ1) is 10.8. The zero-order valence-corrected chi connectivity index (χ0v) is 14.1. The van der Waals surface area contributed by atoms with Crippen molar-refractivity contribution in [1.82, 2.24) is 0 Å². The molecule has 0 aromatic heterocycles. The van der Waals surface area contributed by atoms with Crippen LogP contribution in [-0.2, 0) is 0 Å². The maximum Gasteiger partial charge on any atom is -0.0178 e. The Balaban J connectivity index is 0.00000116. The summed E-state index contributed by atoms with van der Waals surface area (Å²) in [6.45, 7) is 8.08. The lowest BCUT2D eigenvalue weighted by atomic mass is 9.98. The summed E-state index contributed by atoms with van der Waals surface area (Å²) in [5.74, 6) is 0. The predicted molar refractivity (Wildman–Crippen MR) is 101 cm³/mol. The van der Waals surface area contributed by atoms with E-state index in [1.165, 1.54) is 22.3 Å². The predicted octanol–water partition coefficient (Wildman–Crippen LogP) is 6.92. The van der Waals surface area contributed by atoms with E-state index in [0.717, 1.165) is 0 Å². The summed E-state index contributed by atoms with van der Waals surface area (Å²) in [5, 5.41) is 0. The van der Waals surface area contributed by atoms with E-state index in [0.29, 0.717) is 0 Å². The molecular formula is C22H26. The largest absolute Gasteiger partial charge is 0.0876 e. The minimum Gasteiger partial charge on any atom is -0.0876 e. The summed E-state index contributed by atoms with van der Waals surface area (Å²) < 4.78 is 0. The van der Waals surface area contributed by atoms with E-state index in [1.807, 2.05) is 39.8 Å². The molecule has 0 bridgehead atoms. The van der Waals surface area contributed by atoms with Crippen LogP contribution in [0.4, 0.5) is 0 Å². The first-order valence-electron chi connectivity index (χ1n) is 7.96. The van der Waals surface area contributed by atoms with E-state index in [9.17, 15) is 0 Å². The SMILES string of the molecule is CC.C\C=C/C=C(\C=C/C)c1cccc(-c2ccccc2)c1. The Morgan fingerprint density at radius 1 is 0.773 bits per heavy atom. The number of benzene rings is 2. The third-order valence-electron chi connectivity index (χ3n) is 3.12. The molecule has 0 aliphatic heterocycles. The second kappa shape index (κ2) is 10.4. The Hall–Kier alpha value is -2.34. The first kappa shape index (κ1) is 17.7. The van der Waals surface area contributed by atoms with E-state index >= 15 is 0 Å². The van der Waals surface area contributed by atoms with Gasteiger partial charge >= 0.3 is 0 Å². The Bertz CT molecular complexity index is 628. The Morgan fingerprint density at radius 2 is 1.45 bits per heavy atom. The Kier molecular flexibility index (Phi) is 8.37. The molecule has 0 radical (unpaired) electrons. The molecule has 0 saturated carbocycles. The number of rotatable bonds is 4. The molecule has 0 heterocycles. The van der Waals surface area contributed by atoms with Gasteiger partial charge in [-0.05, 0) is 42.2 Å². The second-order valence-electron chi connectivity index (χ2n) is 4.59. The summed E-state index contributed by atoms with van der Waals surface area (Å²) in [6, 6.07) is 19.1. The molecule has 114 valence electrons. The van der Waals surface area contributed by atoms with Crippen molar-refractivity contribution in [2.75, 3.05) is 0 Å². The topological polar surface area (TPSA) is 0 Å². The van der Waals surface area contributed by atoms with Crippen molar-refractivity contribution in [1.29, 1.82) is 0 Å². The van der Waals surface area contributed by atoms with E-state index < -0.39 is 0 Å². The van der Waals surface area contributed by atoms with Gasteiger partial charge in [0.1, 0.15) is 0 Å². The van der Waals surface area contributed by atoms with Crippen LogP contribution < -0.4 is 0 Å². The third kappa shape index (κ3) is 5.21. The van der Waals surface area contributed by atoms with Crippen molar-refractivity contribution in [2.45, 2.75) is 27.7 Å². The minimum absolute atomic E-state index is 1.23. The fraction of sp³-hybridized carbons (Fsp3) is 0.182. The molecule has 0 atom stereocenters. The normalized spacial score (nSPS) is 11.5. The van der Waals surface area contributed by atoms with Crippen LogP contribution in [-0.4, -0.2) is 0 Å². The van der Waals surface area contributed by atoms with E-state index in [-0.39, 0.29) is 0 Å². The van der Waals surface area contributed by atoms with Gasteiger partial charge in [-0.1, -0.05) is 92.8 Å². The molecule has 0 nitrogen and oxygen atoms in total. The van der Waals surface area contributed by atoms with Crippen LogP contribution in [0.25, 0.3) is 16.7 Å². The highest BCUT2D eigenvalue weighted by molar-refractivity contribution is 5.78. The summed E-state index contributed by atoms with van der Waals surface area (Å²) in [5.41, 5.74) is 4.96. The van der Waals surface area contributed by atoms with Gasteiger partial charge < -0.3 is 0 Å². The van der Waals surface area contributed by atoms with Gasteiger partial charge in [-0.3, -0.25) is 0 Å². The van der Waals surface area contributed by atoms with E-state index in [2.05, 4.69) is 72.8 Å². The minimum atomic E-state index is 1.23. The van der Waals surface area contributed by atoms with Gasteiger partial charge in [-0.15, -0.1) is 0 Å². The van der Waals surface area contributed by atoms with Gasteiger partial charge in [0, 0.05) is 0 Å². The van der Waals surface area contributed by atoms with Crippen molar-refractivity contribution < 1.29 is 0 Å². The number of hydrogen-bond acceptors (Lipinski definition) is 0. The average Bonchev–Trinajstić information content (AvgIpc) is 2.61. The molecule has 0 N–H and O–H groups in total. The highest BCUT2D eigenvalue weighted by atomic mass is 14.1. The van der Waals surface area contributed by atoms with Crippen LogP contribution in [0.3, 0.4) is 0 Å². The fourth-order valence-corrected chi connectivity index (χ4v) is 2.14. The zero-order chi connectivity index (χ0) is 16.2. The zero-order valence-electron chi connectivity index (χ0n) is 14.1. The summed E-state index contributed by atoms with van der Waals surface area (Å²) >= 11 is 0. The molecule has 22 heavy (non-hydrogen) atoms. The van der Waals surface area contributed by atoms with Crippen molar-refractivity contribution in [3.05, 3.63) is 90.5 Å². The lowest BCUT2D eigenvalue weighted by Gasteiger charge is -2.06. The highest BCUT2D eigenvalue weighted by Crippen LogP contribution is 2.24. The fourth-order valence-electron chi connectivity index (χ4n) is 2.14. The van der Waals surface area contributed by atoms with Crippen molar-refractivity contribution in [2.24, 2.45) is 0 Å². The molecule has 0 aliphatic rings. The van der Waals surface area contributed by atoms with E-state index in [4.69, 9.17) is 0 Å². The summed E-state index contributed by atoms with van der Waals surface area (Å²) in [6.07, 6.45) is 10.5. The van der Waals surface area contributed by atoms with Crippen molar-refractivity contribution in [3.8, 4) is 11.1 Å². The monoisotopic (exact) mass is 290 g/mol. The van der Waals surface area contributed by atoms with Crippen LogP contribution >= 0.6 is 0 Å². The molecular weight excluding hydrogens is 264 g/mol. The Labute approximate surface area is 135 Å². The molecule has 2 rings (SSSR count). The molecule has 0 unspecified atom stereocenters. The molecule has 0 amide bonds. The molecule has 0 fully saturated rings. The van der Waals surface area contributed by atoms with Crippen LogP contribution in [0.15, 0.2) is 85.0 Å². The number of hydrogen-bond donors (Lipinski definition) is 0.